The Morgan fingerprint density at radius 1 is 1.42 bits per heavy atom. The SMILES string of the molecule is CC(C)(CNCC1(CN)CC1)c1cc(Br)ccc1F. The van der Waals surface area contributed by atoms with Crippen LogP contribution in [-0.2, 0) is 5.41 Å². The van der Waals surface area contributed by atoms with Crippen LogP contribution >= 0.6 is 15.9 Å². The number of hydrogen-bond donors (Lipinski definition) is 2. The Hall–Kier alpha value is -0.450. The van der Waals surface area contributed by atoms with E-state index in [4.69, 9.17) is 5.73 Å². The van der Waals surface area contributed by atoms with E-state index in [2.05, 4.69) is 35.1 Å². The average Bonchev–Trinajstić information content (AvgIpc) is 3.12. The zero-order chi connectivity index (χ0) is 14.1. The molecule has 1 aliphatic rings. The molecule has 0 radical (unpaired) electrons. The number of hydrogen-bond acceptors (Lipinski definition) is 2. The van der Waals surface area contributed by atoms with Gasteiger partial charge in [0, 0.05) is 23.0 Å². The summed E-state index contributed by atoms with van der Waals surface area (Å²) in [6.07, 6.45) is 2.42. The fourth-order valence-electron chi connectivity index (χ4n) is 2.38. The van der Waals surface area contributed by atoms with E-state index < -0.39 is 0 Å². The topological polar surface area (TPSA) is 38.0 Å². The predicted octanol–water partition coefficient (Wildman–Crippen LogP) is 3.19. The van der Waals surface area contributed by atoms with Gasteiger partial charge in [-0.05, 0) is 48.6 Å². The van der Waals surface area contributed by atoms with E-state index in [-0.39, 0.29) is 11.2 Å². The average molecular weight is 329 g/mol. The molecular formula is C15H22BrFN2. The molecule has 1 fully saturated rings. The molecule has 106 valence electrons. The molecule has 0 bridgehead atoms. The van der Waals surface area contributed by atoms with Crippen LogP contribution in [0.3, 0.4) is 0 Å². The van der Waals surface area contributed by atoms with Crippen LogP contribution < -0.4 is 11.1 Å². The van der Waals surface area contributed by atoms with Crippen LogP contribution in [0.25, 0.3) is 0 Å². The van der Waals surface area contributed by atoms with E-state index in [1.54, 1.807) is 6.07 Å². The number of nitrogens with two attached hydrogens (primary N) is 1. The molecule has 1 aliphatic carbocycles. The molecule has 0 atom stereocenters. The van der Waals surface area contributed by atoms with E-state index in [9.17, 15) is 4.39 Å². The lowest BCUT2D eigenvalue weighted by Crippen LogP contribution is -2.38. The molecule has 0 unspecified atom stereocenters. The summed E-state index contributed by atoms with van der Waals surface area (Å²) < 4.78 is 14.9. The van der Waals surface area contributed by atoms with Gasteiger partial charge in [0.25, 0.3) is 0 Å². The van der Waals surface area contributed by atoms with Gasteiger partial charge in [-0.2, -0.15) is 0 Å². The van der Waals surface area contributed by atoms with Crippen molar-refractivity contribution in [1.82, 2.24) is 5.32 Å². The molecule has 2 nitrogen and oxygen atoms in total. The van der Waals surface area contributed by atoms with Crippen molar-refractivity contribution >= 4 is 15.9 Å². The third-order valence-corrected chi connectivity index (χ3v) is 4.61. The van der Waals surface area contributed by atoms with Gasteiger partial charge in [-0.25, -0.2) is 4.39 Å². The highest BCUT2D eigenvalue weighted by molar-refractivity contribution is 9.10. The van der Waals surface area contributed by atoms with Crippen LogP contribution in [0.15, 0.2) is 22.7 Å². The molecule has 4 heteroatoms. The maximum Gasteiger partial charge on any atom is 0.127 e. The van der Waals surface area contributed by atoms with E-state index in [0.717, 1.165) is 29.7 Å². The van der Waals surface area contributed by atoms with Gasteiger partial charge in [0.15, 0.2) is 0 Å². The van der Waals surface area contributed by atoms with Crippen LogP contribution in [0.5, 0.6) is 0 Å². The third-order valence-electron chi connectivity index (χ3n) is 4.11. The Labute approximate surface area is 123 Å². The Bertz CT molecular complexity index is 455. The van der Waals surface area contributed by atoms with Crippen molar-refractivity contribution in [2.45, 2.75) is 32.1 Å². The molecule has 0 spiro atoms. The van der Waals surface area contributed by atoms with Gasteiger partial charge in [0.1, 0.15) is 5.82 Å². The van der Waals surface area contributed by atoms with Crippen molar-refractivity contribution < 1.29 is 4.39 Å². The smallest absolute Gasteiger partial charge is 0.127 e. The fraction of sp³-hybridized carbons (Fsp3) is 0.600. The van der Waals surface area contributed by atoms with Gasteiger partial charge < -0.3 is 11.1 Å². The van der Waals surface area contributed by atoms with E-state index >= 15 is 0 Å². The van der Waals surface area contributed by atoms with E-state index in [0.29, 0.717) is 5.41 Å². The van der Waals surface area contributed by atoms with Gasteiger partial charge in [-0.3, -0.25) is 0 Å². The van der Waals surface area contributed by atoms with Gasteiger partial charge in [-0.1, -0.05) is 29.8 Å². The summed E-state index contributed by atoms with van der Waals surface area (Å²) in [7, 11) is 0. The minimum Gasteiger partial charge on any atom is -0.330 e. The highest BCUT2D eigenvalue weighted by atomic mass is 79.9. The molecule has 3 N–H and O–H groups in total. The number of rotatable bonds is 6. The summed E-state index contributed by atoms with van der Waals surface area (Å²) in [6, 6.07) is 5.12. The maximum absolute atomic E-state index is 13.9. The zero-order valence-electron chi connectivity index (χ0n) is 11.6. The first-order valence-electron chi connectivity index (χ1n) is 6.75. The monoisotopic (exact) mass is 328 g/mol. The normalized spacial score (nSPS) is 17.5. The minimum absolute atomic E-state index is 0.144. The van der Waals surface area contributed by atoms with Crippen molar-refractivity contribution in [2.75, 3.05) is 19.6 Å². The Morgan fingerprint density at radius 3 is 2.68 bits per heavy atom. The minimum atomic E-state index is -0.238. The quantitative estimate of drug-likeness (QED) is 0.841. The third kappa shape index (κ3) is 3.56. The highest BCUT2D eigenvalue weighted by Gasteiger charge is 2.41. The summed E-state index contributed by atoms with van der Waals surface area (Å²) in [5, 5.41) is 3.46. The standard InChI is InChI=1S/C15H22BrFN2/c1-14(2,9-19-10-15(8-18)5-6-15)12-7-11(16)3-4-13(12)17/h3-4,7,19H,5-6,8-10,18H2,1-2H3. The molecule has 19 heavy (non-hydrogen) atoms. The van der Waals surface area contributed by atoms with Crippen LogP contribution in [0.4, 0.5) is 4.39 Å². The maximum atomic E-state index is 13.9. The molecule has 0 aliphatic heterocycles. The van der Waals surface area contributed by atoms with Crippen molar-refractivity contribution in [1.29, 1.82) is 0 Å². The van der Waals surface area contributed by atoms with Crippen molar-refractivity contribution in [3.8, 4) is 0 Å². The van der Waals surface area contributed by atoms with Crippen LogP contribution in [0.2, 0.25) is 0 Å². The molecule has 2 rings (SSSR count). The summed E-state index contributed by atoms with van der Waals surface area (Å²) in [5.41, 5.74) is 6.58. The second kappa shape index (κ2) is 5.51. The van der Waals surface area contributed by atoms with Crippen LogP contribution in [-0.4, -0.2) is 19.6 Å². The Balaban J connectivity index is 1.99. The molecule has 1 aromatic rings. The zero-order valence-corrected chi connectivity index (χ0v) is 13.2. The second-order valence-electron chi connectivity index (χ2n) is 6.32. The van der Waals surface area contributed by atoms with Gasteiger partial charge in [0.05, 0.1) is 0 Å². The first-order valence-corrected chi connectivity index (χ1v) is 7.54. The van der Waals surface area contributed by atoms with E-state index in [1.807, 2.05) is 6.07 Å². The largest absolute Gasteiger partial charge is 0.330 e. The lowest BCUT2D eigenvalue weighted by atomic mass is 9.84. The fourth-order valence-corrected chi connectivity index (χ4v) is 2.74. The highest BCUT2D eigenvalue weighted by Crippen LogP contribution is 2.43. The lowest BCUT2D eigenvalue weighted by Gasteiger charge is -2.27. The summed E-state index contributed by atoms with van der Waals surface area (Å²) in [4.78, 5) is 0. The van der Waals surface area contributed by atoms with Crippen molar-refractivity contribution in [2.24, 2.45) is 11.1 Å². The molecular weight excluding hydrogens is 307 g/mol. The molecule has 0 saturated heterocycles. The lowest BCUT2D eigenvalue weighted by molar-refractivity contribution is 0.400. The van der Waals surface area contributed by atoms with Crippen LogP contribution in [0, 0.1) is 11.2 Å². The first-order chi connectivity index (χ1) is 8.88. The summed E-state index contributed by atoms with van der Waals surface area (Å²) in [6.45, 7) is 6.55. The Kier molecular flexibility index (Phi) is 4.33. The van der Waals surface area contributed by atoms with Gasteiger partial charge in [0.2, 0.25) is 0 Å². The van der Waals surface area contributed by atoms with Crippen LogP contribution in [0.1, 0.15) is 32.3 Å². The number of halogens is 2. The predicted molar refractivity (Wildman–Crippen MR) is 80.7 cm³/mol. The molecule has 1 aromatic carbocycles. The van der Waals surface area contributed by atoms with Gasteiger partial charge in [-0.15, -0.1) is 0 Å². The summed E-state index contributed by atoms with van der Waals surface area (Å²) in [5.74, 6) is -0.144. The Morgan fingerprint density at radius 2 is 2.11 bits per heavy atom. The van der Waals surface area contributed by atoms with Gasteiger partial charge >= 0.3 is 0 Å². The van der Waals surface area contributed by atoms with Crippen molar-refractivity contribution in [3.05, 3.63) is 34.1 Å². The molecule has 0 amide bonds. The van der Waals surface area contributed by atoms with E-state index in [1.165, 1.54) is 18.9 Å². The first kappa shape index (κ1) is 14.9. The number of nitrogens with one attached hydrogen (secondary N) is 1. The van der Waals surface area contributed by atoms with Crippen molar-refractivity contribution in [3.63, 3.8) is 0 Å². The molecule has 0 aromatic heterocycles. The second-order valence-corrected chi connectivity index (χ2v) is 7.23. The number of benzene rings is 1. The summed E-state index contributed by atoms with van der Waals surface area (Å²) >= 11 is 3.41. The molecule has 0 heterocycles. The molecule has 1 saturated carbocycles.